The maximum atomic E-state index is 10.2. The summed E-state index contributed by atoms with van der Waals surface area (Å²) in [7, 11) is 1.93. The topological polar surface area (TPSA) is 50.1 Å². The van der Waals surface area contributed by atoms with Gasteiger partial charge in [0.25, 0.3) is 0 Å². The molecule has 0 aliphatic carbocycles. The quantitative estimate of drug-likeness (QED) is 0.859. The van der Waals surface area contributed by atoms with E-state index in [9.17, 15) is 5.11 Å². The van der Waals surface area contributed by atoms with Gasteiger partial charge in [-0.05, 0) is 24.0 Å². The van der Waals surface area contributed by atoms with Crippen LogP contribution in [-0.2, 0) is 13.6 Å². The first-order chi connectivity index (χ1) is 9.99. The van der Waals surface area contributed by atoms with Gasteiger partial charge in [-0.3, -0.25) is 4.68 Å². The highest BCUT2D eigenvalue weighted by atomic mass is 16.3. The van der Waals surface area contributed by atoms with E-state index in [2.05, 4.69) is 36.4 Å². The molecule has 0 saturated carbocycles. The molecule has 114 valence electrons. The van der Waals surface area contributed by atoms with Gasteiger partial charge in [0.05, 0.1) is 12.3 Å². The Morgan fingerprint density at radius 2 is 1.81 bits per heavy atom. The molecule has 2 aromatic rings. The van der Waals surface area contributed by atoms with Gasteiger partial charge < -0.3 is 10.4 Å². The average molecular weight is 287 g/mol. The summed E-state index contributed by atoms with van der Waals surface area (Å²) in [5.41, 5.74) is 4.57. The van der Waals surface area contributed by atoms with Crippen molar-refractivity contribution in [1.82, 2.24) is 15.1 Å². The largest absolute Gasteiger partial charge is 0.387 e. The SMILES string of the molecule is Cc1c(CNCC(O)c2ccc(C(C)C)cc2)cnn1C. The third-order valence-electron chi connectivity index (χ3n) is 3.98. The fourth-order valence-electron chi connectivity index (χ4n) is 2.28. The number of aromatic nitrogens is 2. The molecule has 0 aliphatic heterocycles. The van der Waals surface area contributed by atoms with E-state index in [4.69, 9.17) is 0 Å². The van der Waals surface area contributed by atoms with Gasteiger partial charge in [0.15, 0.2) is 0 Å². The fourth-order valence-corrected chi connectivity index (χ4v) is 2.28. The normalized spacial score (nSPS) is 12.9. The lowest BCUT2D eigenvalue weighted by Gasteiger charge is -2.13. The fraction of sp³-hybridized carbons (Fsp3) is 0.471. The Morgan fingerprint density at radius 3 is 2.33 bits per heavy atom. The number of aliphatic hydroxyl groups is 1. The van der Waals surface area contributed by atoms with Gasteiger partial charge in [-0.25, -0.2) is 0 Å². The molecular weight excluding hydrogens is 262 g/mol. The van der Waals surface area contributed by atoms with Crippen molar-refractivity contribution in [3.8, 4) is 0 Å². The molecular formula is C17H25N3O. The predicted molar refractivity (Wildman–Crippen MR) is 85.1 cm³/mol. The maximum absolute atomic E-state index is 10.2. The van der Waals surface area contributed by atoms with Crippen molar-refractivity contribution < 1.29 is 5.11 Å². The number of nitrogens with zero attached hydrogens (tertiary/aromatic N) is 2. The molecule has 1 aromatic heterocycles. The number of rotatable bonds is 6. The van der Waals surface area contributed by atoms with Crippen molar-refractivity contribution in [2.24, 2.45) is 7.05 Å². The van der Waals surface area contributed by atoms with Crippen LogP contribution in [0.2, 0.25) is 0 Å². The van der Waals surface area contributed by atoms with E-state index < -0.39 is 6.10 Å². The summed E-state index contributed by atoms with van der Waals surface area (Å²) in [6.45, 7) is 7.65. The lowest BCUT2D eigenvalue weighted by Crippen LogP contribution is -2.21. The van der Waals surface area contributed by atoms with Crippen LogP contribution in [0.1, 0.15) is 48.3 Å². The number of aryl methyl sites for hydroxylation is 1. The monoisotopic (exact) mass is 287 g/mol. The van der Waals surface area contributed by atoms with Crippen LogP contribution in [-0.4, -0.2) is 21.4 Å². The molecule has 21 heavy (non-hydrogen) atoms. The number of nitrogens with one attached hydrogen (secondary N) is 1. The molecule has 1 heterocycles. The van der Waals surface area contributed by atoms with E-state index in [1.807, 2.05) is 37.0 Å². The van der Waals surface area contributed by atoms with E-state index >= 15 is 0 Å². The summed E-state index contributed by atoms with van der Waals surface area (Å²) in [5.74, 6) is 0.517. The van der Waals surface area contributed by atoms with Crippen molar-refractivity contribution in [1.29, 1.82) is 0 Å². The molecule has 1 unspecified atom stereocenters. The Kier molecular flexibility index (Phi) is 5.15. The molecule has 0 bridgehead atoms. The molecule has 0 fully saturated rings. The van der Waals surface area contributed by atoms with E-state index in [0.29, 0.717) is 12.5 Å². The van der Waals surface area contributed by atoms with E-state index in [0.717, 1.165) is 17.8 Å². The number of benzene rings is 1. The summed E-state index contributed by atoms with van der Waals surface area (Å²) in [6.07, 6.45) is 1.38. The van der Waals surface area contributed by atoms with Gasteiger partial charge in [0.2, 0.25) is 0 Å². The zero-order valence-electron chi connectivity index (χ0n) is 13.3. The molecule has 0 aliphatic rings. The van der Waals surface area contributed by atoms with Crippen LogP contribution < -0.4 is 5.32 Å². The van der Waals surface area contributed by atoms with Crippen molar-refractivity contribution in [2.75, 3.05) is 6.54 Å². The zero-order valence-corrected chi connectivity index (χ0v) is 13.3. The minimum Gasteiger partial charge on any atom is -0.387 e. The van der Waals surface area contributed by atoms with Crippen molar-refractivity contribution >= 4 is 0 Å². The second-order valence-corrected chi connectivity index (χ2v) is 5.85. The van der Waals surface area contributed by atoms with Crippen LogP contribution in [0.5, 0.6) is 0 Å². The highest BCUT2D eigenvalue weighted by molar-refractivity contribution is 5.26. The second kappa shape index (κ2) is 6.87. The van der Waals surface area contributed by atoms with Crippen LogP contribution in [0.3, 0.4) is 0 Å². The smallest absolute Gasteiger partial charge is 0.0914 e. The van der Waals surface area contributed by atoms with Crippen LogP contribution in [0, 0.1) is 6.92 Å². The second-order valence-electron chi connectivity index (χ2n) is 5.85. The molecule has 0 amide bonds. The van der Waals surface area contributed by atoms with Crippen LogP contribution in [0.4, 0.5) is 0 Å². The number of hydrogen-bond donors (Lipinski definition) is 2. The number of aliphatic hydroxyl groups excluding tert-OH is 1. The van der Waals surface area contributed by atoms with Crippen LogP contribution in [0.15, 0.2) is 30.5 Å². The zero-order chi connectivity index (χ0) is 15.4. The maximum Gasteiger partial charge on any atom is 0.0914 e. The van der Waals surface area contributed by atoms with E-state index in [1.54, 1.807) is 0 Å². The third kappa shape index (κ3) is 3.93. The third-order valence-corrected chi connectivity index (χ3v) is 3.98. The van der Waals surface area contributed by atoms with Gasteiger partial charge in [-0.2, -0.15) is 5.10 Å². The standard InChI is InChI=1S/C17H25N3O/c1-12(2)14-5-7-15(8-6-14)17(21)11-18-9-16-10-19-20(4)13(16)3/h5-8,10,12,17-18,21H,9,11H2,1-4H3. The summed E-state index contributed by atoms with van der Waals surface area (Å²) in [4.78, 5) is 0. The van der Waals surface area contributed by atoms with Gasteiger partial charge in [0.1, 0.15) is 0 Å². The summed E-state index contributed by atoms with van der Waals surface area (Å²) < 4.78 is 1.86. The molecule has 0 spiro atoms. The van der Waals surface area contributed by atoms with Crippen LogP contribution in [0.25, 0.3) is 0 Å². The first-order valence-corrected chi connectivity index (χ1v) is 7.45. The molecule has 2 N–H and O–H groups in total. The Bertz CT molecular complexity index is 572. The van der Waals surface area contributed by atoms with Crippen molar-refractivity contribution in [3.05, 3.63) is 52.8 Å². The average Bonchev–Trinajstić information content (AvgIpc) is 2.79. The number of hydrogen-bond acceptors (Lipinski definition) is 3. The Balaban J connectivity index is 1.87. The summed E-state index contributed by atoms with van der Waals surface area (Å²) >= 11 is 0. The first kappa shape index (κ1) is 15.7. The molecule has 0 saturated heterocycles. The van der Waals surface area contributed by atoms with E-state index in [-0.39, 0.29) is 0 Å². The minimum atomic E-state index is -0.483. The van der Waals surface area contributed by atoms with Gasteiger partial charge >= 0.3 is 0 Å². The highest BCUT2D eigenvalue weighted by Gasteiger charge is 2.09. The lowest BCUT2D eigenvalue weighted by molar-refractivity contribution is 0.174. The van der Waals surface area contributed by atoms with E-state index in [1.165, 1.54) is 11.1 Å². The summed E-state index contributed by atoms with van der Waals surface area (Å²) in [5, 5.41) is 17.7. The Morgan fingerprint density at radius 1 is 1.19 bits per heavy atom. The van der Waals surface area contributed by atoms with Crippen LogP contribution >= 0.6 is 0 Å². The highest BCUT2D eigenvalue weighted by Crippen LogP contribution is 2.18. The van der Waals surface area contributed by atoms with Gasteiger partial charge in [-0.1, -0.05) is 38.1 Å². The lowest BCUT2D eigenvalue weighted by atomic mass is 10.00. The van der Waals surface area contributed by atoms with Gasteiger partial charge in [0, 0.05) is 31.4 Å². The van der Waals surface area contributed by atoms with Gasteiger partial charge in [-0.15, -0.1) is 0 Å². The Labute approximate surface area is 126 Å². The molecule has 1 aromatic carbocycles. The summed E-state index contributed by atoms with van der Waals surface area (Å²) in [6, 6.07) is 8.21. The molecule has 2 rings (SSSR count). The Hall–Kier alpha value is -1.65. The van der Waals surface area contributed by atoms with Crippen molar-refractivity contribution in [3.63, 3.8) is 0 Å². The predicted octanol–water partition coefficient (Wildman–Crippen LogP) is 2.68. The molecule has 0 radical (unpaired) electrons. The minimum absolute atomic E-state index is 0.483. The molecule has 4 heteroatoms. The van der Waals surface area contributed by atoms with Crippen molar-refractivity contribution in [2.45, 2.75) is 39.3 Å². The first-order valence-electron chi connectivity index (χ1n) is 7.45. The molecule has 1 atom stereocenters. The molecule has 4 nitrogen and oxygen atoms in total.